The van der Waals surface area contributed by atoms with Crippen molar-refractivity contribution in [1.29, 1.82) is 0 Å². The van der Waals surface area contributed by atoms with Gasteiger partial charge in [0.2, 0.25) is 0 Å². The SMILES string of the molecule is FC(F)(F)OC(F)(F)OC(F)(F)F. The van der Waals surface area contributed by atoms with Crippen molar-refractivity contribution >= 4 is 0 Å². The third-order valence-corrected chi connectivity index (χ3v) is 0.469. The van der Waals surface area contributed by atoms with Crippen LogP contribution in [0.5, 0.6) is 0 Å². The van der Waals surface area contributed by atoms with E-state index in [4.69, 9.17) is 0 Å². The van der Waals surface area contributed by atoms with E-state index in [0.717, 1.165) is 0 Å². The van der Waals surface area contributed by atoms with Crippen molar-refractivity contribution < 1.29 is 44.6 Å². The van der Waals surface area contributed by atoms with Gasteiger partial charge in [0.15, 0.2) is 0 Å². The number of alkyl halides is 8. The van der Waals surface area contributed by atoms with E-state index in [-0.39, 0.29) is 0 Å². The summed E-state index contributed by atoms with van der Waals surface area (Å²) in [7, 11) is 0. The predicted octanol–water partition coefficient (Wildman–Crippen LogP) is 2.61. The largest absolute Gasteiger partial charge is 0.529 e. The molecular formula is C3F8O2. The summed E-state index contributed by atoms with van der Waals surface area (Å²) in [6.07, 6.45) is -17.6. The first-order chi connectivity index (χ1) is 5.41. The molecule has 0 aromatic heterocycles. The highest BCUT2D eigenvalue weighted by Gasteiger charge is 2.53. The highest BCUT2D eigenvalue weighted by Crippen LogP contribution is 2.33. The second kappa shape index (κ2) is 3.25. The molecule has 0 unspecified atom stereocenters. The van der Waals surface area contributed by atoms with Crippen LogP contribution in [0.25, 0.3) is 0 Å². The summed E-state index contributed by atoms with van der Waals surface area (Å²) < 4.78 is 92.4. The molecule has 0 amide bonds. The second-order valence-electron chi connectivity index (χ2n) is 1.56. The molecular weight excluding hydrogens is 220 g/mol. The zero-order valence-corrected chi connectivity index (χ0v) is 5.34. The van der Waals surface area contributed by atoms with E-state index in [1.807, 2.05) is 0 Å². The molecule has 0 fully saturated rings. The molecule has 0 aliphatic rings. The van der Waals surface area contributed by atoms with Crippen molar-refractivity contribution in [3.63, 3.8) is 0 Å². The second-order valence-corrected chi connectivity index (χ2v) is 1.56. The Labute approximate surface area is 65.0 Å². The number of hydrogen-bond donors (Lipinski definition) is 0. The number of ether oxygens (including phenoxy) is 2. The predicted molar refractivity (Wildman–Crippen MR) is 19.2 cm³/mol. The van der Waals surface area contributed by atoms with Crippen molar-refractivity contribution in [2.75, 3.05) is 0 Å². The normalized spacial score (nSPS) is 14.8. The van der Waals surface area contributed by atoms with Gasteiger partial charge in [0, 0.05) is 0 Å². The lowest BCUT2D eigenvalue weighted by atomic mass is 11.1. The summed E-state index contributed by atoms with van der Waals surface area (Å²) in [6, 6.07) is 0. The van der Waals surface area contributed by atoms with E-state index < -0.39 is 19.0 Å². The third kappa shape index (κ3) is 7.71. The molecule has 0 aliphatic heterocycles. The highest BCUT2D eigenvalue weighted by molar-refractivity contribution is 4.39. The van der Waals surface area contributed by atoms with Crippen LogP contribution in [0.3, 0.4) is 0 Å². The average Bonchev–Trinajstić information content (AvgIpc) is 1.43. The third-order valence-electron chi connectivity index (χ3n) is 0.469. The van der Waals surface area contributed by atoms with Crippen LogP contribution >= 0.6 is 0 Å². The van der Waals surface area contributed by atoms with Gasteiger partial charge in [-0.15, -0.1) is 35.1 Å². The molecule has 10 heteroatoms. The lowest BCUT2D eigenvalue weighted by Crippen LogP contribution is -2.37. The van der Waals surface area contributed by atoms with Gasteiger partial charge in [-0.3, -0.25) is 0 Å². The van der Waals surface area contributed by atoms with E-state index in [2.05, 4.69) is 0 Å². The van der Waals surface area contributed by atoms with Gasteiger partial charge >= 0.3 is 19.0 Å². The van der Waals surface area contributed by atoms with E-state index in [1.165, 1.54) is 0 Å². The molecule has 0 N–H and O–H groups in total. The van der Waals surface area contributed by atoms with E-state index in [1.54, 1.807) is 9.47 Å². The van der Waals surface area contributed by atoms with Crippen LogP contribution in [0, 0.1) is 0 Å². The number of rotatable bonds is 2. The molecule has 0 radical (unpaired) electrons. The van der Waals surface area contributed by atoms with Gasteiger partial charge in [0.1, 0.15) is 0 Å². The van der Waals surface area contributed by atoms with Gasteiger partial charge in [-0.1, -0.05) is 0 Å². The molecule has 0 spiro atoms. The Hall–Kier alpha value is -0.640. The first-order valence-electron chi connectivity index (χ1n) is 2.33. The quantitative estimate of drug-likeness (QED) is 0.526. The number of hydrogen-bond acceptors (Lipinski definition) is 2. The summed E-state index contributed by atoms with van der Waals surface area (Å²) in [6.45, 7) is 0. The molecule has 0 saturated carbocycles. The Morgan fingerprint density at radius 2 is 0.769 bits per heavy atom. The summed E-state index contributed by atoms with van der Waals surface area (Å²) in [5.41, 5.74) is 0. The molecule has 0 atom stereocenters. The van der Waals surface area contributed by atoms with Crippen LogP contribution in [-0.2, 0) is 9.47 Å². The smallest absolute Gasteiger partial charge is 0.200 e. The Bertz CT molecular complexity index is 149. The highest BCUT2D eigenvalue weighted by atomic mass is 19.4. The first-order valence-corrected chi connectivity index (χ1v) is 2.33. The summed E-state index contributed by atoms with van der Waals surface area (Å²) in [4.78, 5) is 0. The average molecular weight is 220 g/mol. The molecule has 0 rings (SSSR count). The lowest BCUT2D eigenvalue weighted by Gasteiger charge is -2.18. The fraction of sp³-hybridized carbons (Fsp3) is 1.00. The van der Waals surface area contributed by atoms with Crippen molar-refractivity contribution in [3.8, 4) is 0 Å². The van der Waals surface area contributed by atoms with E-state index >= 15 is 0 Å². The minimum atomic E-state index is -5.92. The lowest BCUT2D eigenvalue weighted by molar-refractivity contribution is -0.550. The monoisotopic (exact) mass is 220 g/mol. The van der Waals surface area contributed by atoms with Crippen LogP contribution in [-0.4, -0.2) is 19.0 Å². The van der Waals surface area contributed by atoms with E-state index in [9.17, 15) is 35.1 Å². The topological polar surface area (TPSA) is 18.5 Å². The van der Waals surface area contributed by atoms with Crippen molar-refractivity contribution in [2.24, 2.45) is 0 Å². The zero-order chi connectivity index (χ0) is 10.9. The van der Waals surface area contributed by atoms with Gasteiger partial charge < -0.3 is 0 Å². The van der Waals surface area contributed by atoms with Crippen molar-refractivity contribution in [2.45, 2.75) is 19.0 Å². The standard InChI is InChI=1S/C3F8O2/c4-1(5,6)12-3(10,11)13-2(7,8)9. The Kier molecular flexibility index (Phi) is 3.09. The van der Waals surface area contributed by atoms with Crippen LogP contribution in [0.2, 0.25) is 0 Å². The molecule has 0 aromatic carbocycles. The first kappa shape index (κ1) is 12.4. The molecule has 2 nitrogen and oxygen atoms in total. The van der Waals surface area contributed by atoms with Crippen LogP contribution < -0.4 is 0 Å². The minimum absolute atomic E-state index is 1.73. The molecule has 0 bridgehead atoms. The van der Waals surface area contributed by atoms with Crippen molar-refractivity contribution in [1.82, 2.24) is 0 Å². The van der Waals surface area contributed by atoms with Gasteiger partial charge in [-0.05, 0) is 0 Å². The van der Waals surface area contributed by atoms with Gasteiger partial charge in [-0.2, -0.15) is 9.47 Å². The maximum atomic E-state index is 11.5. The van der Waals surface area contributed by atoms with Crippen LogP contribution in [0.1, 0.15) is 0 Å². The summed E-state index contributed by atoms with van der Waals surface area (Å²) in [5.74, 6) is 0. The molecule has 80 valence electrons. The van der Waals surface area contributed by atoms with Gasteiger partial charge in [0.05, 0.1) is 0 Å². The summed E-state index contributed by atoms with van der Waals surface area (Å²) in [5, 5.41) is 0. The fourth-order valence-electron chi connectivity index (χ4n) is 0.290. The fourth-order valence-corrected chi connectivity index (χ4v) is 0.290. The summed E-state index contributed by atoms with van der Waals surface area (Å²) >= 11 is 0. The molecule has 13 heavy (non-hydrogen) atoms. The van der Waals surface area contributed by atoms with Gasteiger partial charge in [-0.25, -0.2) is 0 Å². The zero-order valence-electron chi connectivity index (χ0n) is 5.34. The van der Waals surface area contributed by atoms with E-state index in [0.29, 0.717) is 0 Å². The maximum absolute atomic E-state index is 11.5. The molecule has 0 aromatic rings. The Morgan fingerprint density at radius 3 is 0.923 bits per heavy atom. The Morgan fingerprint density at radius 1 is 0.538 bits per heavy atom. The van der Waals surface area contributed by atoms with Crippen molar-refractivity contribution in [3.05, 3.63) is 0 Å². The molecule has 0 heterocycles. The maximum Gasteiger partial charge on any atom is 0.529 e. The minimum Gasteiger partial charge on any atom is -0.200 e. The van der Waals surface area contributed by atoms with Crippen LogP contribution in [0.15, 0.2) is 0 Å². The van der Waals surface area contributed by atoms with Crippen LogP contribution in [0.4, 0.5) is 35.1 Å². The Balaban J connectivity index is 4.25. The van der Waals surface area contributed by atoms with Gasteiger partial charge in [0.25, 0.3) is 0 Å². The molecule has 0 aliphatic carbocycles. The number of halogens is 8. The molecule has 0 saturated heterocycles.